The van der Waals surface area contributed by atoms with Crippen molar-refractivity contribution in [2.45, 2.75) is 6.92 Å². The van der Waals surface area contributed by atoms with Gasteiger partial charge in [0.25, 0.3) is 0 Å². The minimum Gasteiger partial charge on any atom is -0.456 e. The van der Waals surface area contributed by atoms with E-state index >= 15 is 0 Å². The van der Waals surface area contributed by atoms with Crippen molar-refractivity contribution in [3.63, 3.8) is 0 Å². The van der Waals surface area contributed by atoms with Crippen LogP contribution in [0.3, 0.4) is 0 Å². The third kappa shape index (κ3) is 3.74. The number of carbonyl (C=O) groups is 1. The molecule has 0 heterocycles. The number of esters is 1. The van der Waals surface area contributed by atoms with Gasteiger partial charge < -0.3 is 10.1 Å². The summed E-state index contributed by atoms with van der Waals surface area (Å²) in [5, 5.41) is 3.00. The maximum atomic E-state index is 10.9. The minimum absolute atomic E-state index is 0.353. The summed E-state index contributed by atoms with van der Waals surface area (Å²) < 4.78 is 4.68. The second-order valence-electron chi connectivity index (χ2n) is 2.80. The van der Waals surface area contributed by atoms with Crippen molar-refractivity contribution in [2.24, 2.45) is 0 Å². The highest BCUT2D eigenvalue weighted by atomic mass is 16.5. The smallest absolute Gasteiger partial charge is 0.384 e. The van der Waals surface area contributed by atoms with Crippen molar-refractivity contribution in [3.8, 4) is 11.8 Å². The van der Waals surface area contributed by atoms with E-state index < -0.39 is 5.97 Å². The molecule has 0 bridgehead atoms. The summed E-state index contributed by atoms with van der Waals surface area (Å²) in [6.45, 7) is 2.10. The second-order valence-corrected chi connectivity index (χ2v) is 2.80. The molecule has 1 aromatic carbocycles. The summed E-state index contributed by atoms with van der Waals surface area (Å²) in [4.78, 5) is 10.9. The zero-order chi connectivity index (χ0) is 11.1. The fourth-order valence-corrected chi connectivity index (χ4v) is 1.01. The SMILES string of the molecule is CCOC(=O)C#Cc1ccc(NC)cc1. The van der Waals surface area contributed by atoms with Crippen LogP contribution >= 0.6 is 0 Å². The van der Waals surface area contributed by atoms with E-state index in [1.165, 1.54) is 0 Å². The Morgan fingerprint density at radius 1 is 1.40 bits per heavy atom. The van der Waals surface area contributed by atoms with Crippen molar-refractivity contribution in [1.82, 2.24) is 0 Å². The van der Waals surface area contributed by atoms with Crippen molar-refractivity contribution < 1.29 is 9.53 Å². The standard InChI is InChI=1S/C12H13NO2/c1-3-15-12(14)9-6-10-4-7-11(13-2)8-5-10/h4-5,7-8,13H,3H2,1-2H3. The second kappa shape index (κ2) is 5.71. The van der Waals surface area contributed by atoms with Crippen LogP contribution in [0.4, 0.5) is 5.69 Å². The molecular weight excluding hydrogens is 190 g/mol. The molecule has 1 N–H and O–H groups in total. The van der Waals surface area contributed by atoms with Crippen LogP contribution in [0.25, 0.3) is 0 Å². The third-order valence-electron chi connectivity index (χ3n) is 1.76. The Labute approximate surface area is 89.4 Å². The first kappa shape index (κ1) is 11.1. The lowest BCUT2D eigenvalue weighted by atomic mass is 10.2. The van der Waals surface area contributed by atoms with Crippen molar-refractivity contribution in [2.75, 3.05) is 19.0 Å². The van der Waals surface area contributed by atoms with Gasteiger partial charge in [-0.05, 0) is 31.2 Å². The van der Waals surface area contributed by atoms with Gasteiger partial charge in [0.15, 0.2) is 0 Å². The quantitative estimate of drug-likeness (QED) is 0.586. The molecule has 0 saturated heterocycles. The van der Waals surface area contributed by atoms with Gasteiger partial charge in [0.05, 0.1) is 6.61 Å². The van der Waals surface area contributed by atoms with Crippen LogP contribution in [0.15, 0.2) is 24.3 Å². The van der Waals surface area contributed by atoms with E-state index in [9.17, 15) is 4.79 Å². The Bertz CT molecular complexity index is 384. The first-order valence-electron chi connectivity index (χ1n) is 4.73. The van der Waals surface area contributed by atoms with E-state index in [-0.39, 0.29) is 0 Å². The number of hydrogen-bond donors (Lipinski definition) is 1. The minimum atomic E-state index is -0.491. The number of hydrogen-bond acceptors (Lipinski definition) is 3. The van der Waals surface area contributed by atoms with Gasteiger partial charge in [-0.15, -0.1) is 0 Å². The molecule has 0 aliphatic carbocycles. The van der Waals surface area contributed by atoms with Crippen LogP contribution in [-0.2, 0) is 9.53 Å². The summed E-state index contributed by atoms with van der Waals surface area (Å²) in [6, 6.07) is 7.49. The molecule has 0 radical (unpaired) electrons. The van der Waals surface area contributed by atoms with Crippen molar-refractivity contribution in [3.05, 3.63) is 29.8 Å². The average Bonchev–Trinajstić information content (AvgIpc) is 2.27. The van der Waals surface area contributed by atoms with Gasteiger partial charge in [0.2, 0.25) is 0 Å². The number of benzene rings is 1. The first-order chi connectivity index (χ1) is 7.26. The van der Waals surface area contributed by atoms with Gasteiger partial charge >= 0.3 is 5.97 Å². The van der Waals surface area contributed by atoms with Crippen LogP contribution < -0.4 is 5.32 Å². The van der Waals surface area contributed by atoms with Gasteiger partial charge in [-0.25, -0.2) is 4.79 Å². The first-order valence-corrected chi connectivity index (χ1v) is 4.73. The van der Waals surface area contributed by atoms with Crippen LogP contribution in [0.5, 0.6) is 0 Å². The summed E-state index contributed by atoms with van der Waals surface area (Å²) in [5.41, 5.74) is 1.80. The number of nitrogens with one attached hydrogen (secondary N) is 1. The molecule has 0 atom stereocenters. The highest BCUT2D eigenvalue weighted by Crippen LogP contribution is 2.06. The summed E-state index contributed by atoms with van der Waals surface area (Å²) >= 11 is 0. The molecule has 78 valence electrons. The topological polar surface area (TPSA) is 38.3 Å². The molecule has 0 fully saturated rings. The van der Waals surface area contributed by atoms with Gasteiger partial charge in [-0.3, -0.25) is 0 Å². The highest BCUT2D eigenvalue weighted by molar-refractivity contribution is 5.89. The Kier molecular flexibility index (Phi) is 4.24. The molecule has 0 aliphatic heterocycles. The monoisotopic (exact) mass is 203 g/mol. The predicted octanol–water partition coefficient (Wildman–Crippen LogP) is 1.64. The number of ether oxygens (including phenoxy) is 1. The molecule has 0 aliphatic rings. The molecule has 0 saturated carbocycles. The zero-order valence-electron chi connectivity index (χ0n) is 8.83. The van der Waals surface area contributed by atoms with E-state index in [0.717, 1.165) is 11.3 Å². The van der Waals surface area contributed by atoms with Gasteiger partial charge in [-0.2, -0.15) is 0 Å². The maximum absolute atomic E-state index is 10.9. The molecule has 0 aromatic heterocycles. The summed E-state index contributed by atoms with van der Waals surface area (Å²) in [7, 11) is 1.85. The Balaban J connectivity index is 2.68. The average molecular weight is 203 g/mol. The Hall–Kier alpha value is -1.95. The van der Waals surface area contributed by atoms with Gasteiger partial charge in [0, 0.05) is 24.2 Å². The number of carbonyl (C=O) groups excluding carboxylic acids is 1. The summed E-state index contributed by atoms with van der Waals surface area (Å²) in [6.07, 6.45) is 0. The summed E-state index contributed by atoms with van der Waals surface area (Å²) in [5.74, 6) is 4.64. The van der Waals surface area contributed by atoms with E-state index in [2.05, 4.69) is 21.9 Å². The molecule has 1 aromatic rings. The Morgan fingerprint density at radius 3 is 2.60 bits per heavy atom. The largest absolute Gasteiger partial charge is 0.456 e. The third-order valence-corrected chi connectivity index (χ3v) is 1.76. The molecule has 1 rings (SSSR count). The fourth-order valence-electron chi connectivity index (χ4n) is 1.01. The van der Waals surface area contributed by atoms with E-state index in [4.69, 9.17) is 0 Å². The predicted molar refractivity (Wildman–Crippen MR) is 59.5 cm³/mol. The van der Waals surface area contributed by atoms with Crippen molar-refractivity contribution in [1.29, 1.82) is 0 Å². The zero-order valence-corrected chi connectivity index (χ0v) is 8.83. The lowest BCUT2D eigenvalue weighted by molar-refractivity contribution is -0.136. The van der Waals surface area contributed by atoms with Gasteiger partial charge in [0.1, 0.15) is 0 Å². The molecule has 3 nitrogen and oxygen atoms in total. The molecule has 0 amide bonds. The molecule has 0 spiro atoms. The van der Waals surface area contributed by atoms with Crippen LogP contribution in [0, 0.1) is 11.8 Å². The number of anilines is 1. The highest BCUT2D eigenvalue weighted by Gasteiger charge is 1.93. The normalized spacial score (nSPS) is 8.67. The maximum Gasteiger partial charge on any atom is 0.384 e. The van der Waals surface area contributed by atoms with E-state index in [0.29, 0.717) is 6.61 Å². The molecule has 15 heavy (non-hydrogen) atoms. The molecule has 3 heteroatoms. The van der Waals surface area contributed by atoms with E-state index in [1.807, 2.05) is 31.3 Å². The van der Waals surface area contributed by atoms with Crippen molar-refractivity contribution >= 4 is 11.7 Å². The fraction of sp³-hybridized carbons (Fsp3) is 0.250. The Morgan fingerprint density at radius 2 is 2.07 bits per heavy atom. The lowest BCUT2D eigenvalue weighted by Gasteiger charge is -1.97. The van der Waals surface area contributed by atoms with Crippen LogP contribution in [0.2, 0.25) is 0 Å². The number of rotatable bonds is 2. The lowest BCUT2D eigenvalue weighted by Crippen LogP contribution is -1.99. The molecule has 0 unspecified atom stereocenters. The van der Waals surface area contributed by atoms with E-state index in [1.54, 1.807) is 6.92 Å². The van der Waals surface area contributed by atoms with Crippen LogP contribution in [-0.4, -0.2) is 19.6 Å². The van der Waals surface area contributed by atoms with Gasteiger partial charge in [-0.1, -0.05) is 5.92 Å². The molecular formula is C12H13NO2. The van der Waals surface area contributed by atoms with Crippen LogP contribution in [0.1, 0.15) is 12.5 Å².